The Kier molecular flexibility index (Phi) is 16.1. The highest BCUT2D eigenvalue weighted by molar-refractivity contribution is 8.00. The number of nitrogens with one attached hydrogen (secondary N) is 2. The number of anilines is 1. The van der Waals surface area contributed by atoms with Gasteiger partial charge in [-0.15, -0.1) is 11.8 Å². The summed E-state index contributed by atoms with van der Waals surface area (Å²) < 4.78 is 18.2. The molecule has 66 heavy (non-hydrogen) atoms. The number of halogens is 1. The van der Waals surface area contributed by atoms with Gasteiger partial charge in [0.05, 0.1) is 28.5 Å². The molecule has 5 aliphatic rings. The van der Waals surface area contributed by atoms with E-state index < -0.39 is 70.7 Å². The fourth-order valence-corrected chi connectivity index (χ4v) is 11.0. The van der Waals surface area contributed by atoms with E-state index in [9.17, 15) is 38.7 Å². The number of likely N-dealkylation sites (tertiary alicyclic amines) is 1. The van der Waals surface area contributed by atoms with Gasteiger partial charge < -0.3 is 34.4 Å². The average Bonchev–Trinajstić information content (AvgIpc) is 3.90. The van der Waals surface area contributed by atoms with Gasteiger partial charge in [0.15, 0.2) is 0 Å². The topological polar surface area (TPSA) is 204 Å². The Hall–Kier alpha value is -4.45. The van der Waals surface area contributed by atoms with Crippen molar-refractivity contribution >= 4 is 70.6 Å². The standard InChI is InChI=1S/C48H66ClN5O11S/c1-26-11-10-12-28(3)48(62)24-35(63-46(61)51-48)29(4)42-47(6,65-42)37(23-39(56)53(9)34-21-32(19-26)20-27(2)41(34)49)64-45(60)30(5)52(8)38(55)17-18-66-36-22-40(57)54(44(36)59)25-31-13-15-33(16-14-31)43(58)50-7/h10-12,20-21,28-31,33,35-37,42,62H,13-19,22-25H2,1-9H3,(H,50,58)(H,51,61)/b12-10+,26-11+/t28-,29-,30+,31?,33?,35?,36?,37+,42+,47+,48+/m1/s1. The molecule has 0 spiro atoms. The van der Waals surface area contributed by atoms with Gasteiger partial charge in [-0.1, -0.05) is 55.3 Å². The van der Waals surface area contributed by atoms with Crippen LogP contribution in [-0.4, -0.2) is 131 Å². The van der Waals surface area contributed by atoms with Crippen molar-refractivity contribution in [1.29, 1.82) is 0 Å². The van der Waals surface area contributed by atoms with E-state index in [1.165, 1.54) is 40.4 Å². The number of aryl methyl sites for hydroxylation is 1. The average molecular weight is 957 g/mol. The molecule has 0 aromatic heterocycles. The van der Waals surface area contributed by atoms with Crippen molar-refractivity contribution < 1.29 is 52.9 Å². The highest BCUT2D eigenvalue weighted by atomic mass is 35.5. The number of epoxide rings is 1. The summed E-state index contributed by atoms with van der Waals surface area (Å²) in [7, 11) is 4.71. The molecule has 16 nitrogen and oxygen atoms in total. The number of likely N-dealkylation sites (N-methyl/N-ethyl adjacent to an activating group) is 1. The van der Waals surface area contributed by atoms with Gasteiger partial charge in [-0.25, -0.2) is 9.59 Å². The van der Waals surface area contributed by atoms with Crippen molar-refractivity contribution in [2.75, 3.05) is 38.3 Å². The normalized spacial score (nSPS) is 33.4. The minimum atomic E-state index is -1.64. The maximum atomic E-state index is 14.3. The third kappa shape index (κ3) is 11.3. The molecule has 3 saturated heterocycles. The Morgan fingerprint density at radius 3 is 2.47 bits per heavy atom. The summed E-state index contributed by atoms with van der Waals surface area (Å²) in [5.74, 6) is -2.77. The molecular formula is C48H66ClN5O11S. The van der Waals surface area contributed by atoms with E-state index in [0.717, 1.165) is 29.5 Å². The highest BCUT2D eigenvalue weighted by Gasteiger charge is 2.64. The molecule has 362 valence electrons. The minimum Gasteiger partial charge on any atom is -0.457 e. The second kappa shape index (κ2) is 20.8. The largest absolute Gasteiger partial charge is 0.457 e. The third-order valence-corrected chi connectivity index (χ3v) is 16.1. The molecule has 4 aliphatic heterocycles. The number of hydrogen-bond donors (Lipinski definition) is 3. The number of alkyl carbamates (subject to hydrolysis) is 1. The second-order valence-electron chi connectivity index (χ2n) is 19.1. The van der Waals surface area contributed by atoms with E-state index in [4.69, 9.17) is 25.8 Å². The Morgan fingerprint density at radius 1 is 1.09 bits per heavy atom. The first-order valence-electron chi connectivity index (χ1n) is 23.0. The summed E-state index contributed by atoms with van der Waals surface area (Å²) in [6, 6.07) is 2.72. The first-order chi connectivity index (χ1) is 31.1. The van der Waals surface area contributed by atoms with Crippen LogP contribution in [0.2, 0.25) is 5.02 Å². The maximum absolute atomic E-state index is 14.3. The molecule has 2 unspecified atom stereocenters. The SMILES string of the molecule is CNC(=O)C1CCC(CN2C(=O)CC(SCCC(=O)N(C)[C@@H](C)C(=O)O[C@H]3CC(=O)N(C)c4cc(cc(C)c4Cl)C/C(C)=C/C=C/[C@@H](C)[C@@]4(O)CC(OC(=O)N4)[C@@H](C)[C@@H]4O[C@@]34C)C2=O)CC1. The number of carbonyl (C=O) groups is 7. The Labute approximate surface area is 396 Å². The first kappa shape index (κ1) is 51.0. The van der Waals surface area contributed by atoms with E-state index in [0.29, 0.717) is 36.5 Å². The number of allylic oxidation sites excluding steroid dienone is 3. The van der Waals surface area contributed by atoms with Crippen LogP contribution in [0.25, 0.3) is 0 Å². The number of imide groups is 1. The maximum Gasteiger partial charge on any atom is 0.409 e. The van der Waals surface area contributed by atoms with Crippen molar-refractivity contribution in [1.82, 2.24) is 20.4 Å². The van der Waals surface area contributed by atoms with Crippen LogP contribution >= 0.6 is 23.4 Å². The molecule has 1 aromatic rings. The number of amides is 6. The number of carbonyl (C=O) groups excluding carboxylic acids is 7. The van der Waals surface area contributed by atoms with Gasteiger partial charge in [-0.2, -0.15) is 0 Å². The number of nitrogens with zero attached hydrogens (tertiary/aromatic N) is 3. The van der Waals surface area contributed by atoms with Crippen molar-refractivity contribution in [2.24, 2.45) is 23.7 Å². The van der Waals surface area contributed by atoms with Crippen molar-refractivity contribution in [3.8, 4) is 0 Å². The number of hydrogen-bond acceptors (Lipinski definition) is 12. The lowest BCUT2D eigenvalue weighted by molar-refractivity contribution is -0.162. The molecule has 6 rings (SSSR count). The Morgan fingerprint density at radius 2 is 1.79 bits per heavy atom. The van der Waals surface area contributed by atoms with Crippen LogP contribution in [0.15, 0.2) is 35.9 Å². The molecule has 4 fully saturated rings. The van der Waals surface area contributed by atoms with Gasteiger partial charge >= 0.3 is 12.1 Å². The minimum absolute atomic E-state index is 0.0162. The zero-order chi connectivity index (χ0) is 48.4. The zero-order valence-corrected chi connectivity index (χ0v) is 41.1. The molecule has 4 heterocycles. The Balaban J connectivity index is 1.13. The van der Waals surface area contributed by atoms with Crippen molar-refractivity contribution in [3.63, 3.8) is 0 Å². The summed E-state index contributed by atoms with van der Waals surface area (Å²) in [5.41, 5.74) is 0.279. The zero-order valence-electron chi connectivity index (χ0n) is 39.5. The molecule has 3 N–H and O–H groups in total. The number of thioether (sulfide) groups is 1. The predicted molar refractivity (Wildman–Crippen MR) is 249 cm³/mol. The van der Waals surface area contributed by atoms with E-state index >= 15 is 0 Å². The molecule has 0 radical (unpaired) electrons. The predicted octanol–water partition coefficient (Wildman–Crippen LogP) is 5.24. The lowest BCUT2D eigenvalue weighted by Gasteiger charge is -2.41. The van der Waals surface area contributed by atoms with Crippen molar-refractivity contribution in [2.45, 2.75) is 140 Å². The summed E-state index contributed by atoms with van der Waals surface area (Å²) >= 11 is 8.05. The van der Waals surface area contributed by atoms with Crippen molar-refractivity contribution in [3.05, 3.63) is 52.1 Å². The van der Waals surface area contributed by atoms with Gasteiger partial charge in [-0.3, -0.25) is 34.2 Å². The molecule has 18 heteroatoms. The van der Waals surface area contributed by atoms with Crippen LogP contribution in [0.4, 0.5) is 10.5 Å². The quantitative estimate of drug-likeness (QED) is 0.157. The van der Waals surface area contributed by atoms with E-state index in [1.54, 1.807) is 27.9 Å². The number of esters is 1. The number of aliphatic hydroxyl groups is 1. The van der Waals surface area contributed by atoms with Gasteiger partial charge in [0.2, 0.25) is 29.5 Å². The van der Waals surface area contributed by atoms with Crippen LogP contribution in [-0.2, 0) is 49.4 Å². The third-order valence-electron chi connectivity index (χ3n) is 14.4. The fraction of sp³-hybridized carbons (Fsp3) is 0.646. The van der Waals surface area contributed by atoms with Crippen LogP contribution in [0, 0.1) is 30.6 Å². The van der Waals surface area contributed by atoms with Gasteiger partial charge in [-0.05, 0) is 82.9 Å². The summed E-state index contributed by atoms with van der Waals surface area (Å²) in [5, 5.41) is 16.8. The Bertz CT molecular complexity index is 2150. The van der Waals surface area contributed by atoms with Crippen LogP contribution < -0.4 is 15.5 Å². The van der Waals surface area contributed by atoms with Crippen LogP contribution in [0.3, 0.4) is 0 Å². The van der Waals surface area contributed by atoms with Crippen LogP contribution in [0.5, 0.6) is 0 Å². The van der Waals surface area contributed by atoms with Gasteiger partial charge in [0, 0.05) is 70.5 Å². The molecule has 1 aliphatic carbocycles. The molecule has 1 saturated carbocycles. The monoisotopic (exact) mass is 955 g/mol. The lowest BCUT2D eigenvalue weighted by atomic mass is 9.81. The van der Waals surface area contributed by atoms with E-state index in [1.807, 2.05) is 51.1 Å². The van der Waals surface area contributed by atoms with E-state index in [2.05, 4.69) is 10.6 Å². The number of benzene rings is 1. The first-order valence-corrected chi connectivity index (χ1v) is 24.4. The molecule has 9 atom stereocenters. The van der Waals surface area contributed by atoms with Crippen LogP contribution in [0.1, 0.15) is 97.1 Å². The summed E-state index contributed by atoms with van der Waals surface area (Å²) in [6.07, 6.45) is 5.41. The molecular weight excluding hydrogens is 890 g/mol. The molecule has 4 bridgehead atoms. The second-order valence-corrected chi connectivity index (χ2v) is 20.8. The van der Waals surface area contributed by atoms with Gasteiger partial charge in [0.1, 0.15) is 29.6 Å². The number of fused-ring (bicyclic) bond motifs is 5. The number of ether oxygens (including phenoxy) is 3. The number of rotatable bonds is 10. The van der Waals surface area contributed by atoms with E-state index in [-0.39, 0.29) is 66.9 Å². The summed E-state index contributed by atoms with van der Waals surface area (Å²) in [4.78, 5) is 97.0. The highest BCUT2D eigenvalue weighted by Crippen LogP contribution is 2.49. The fourth-order valence-electron chi connectivity index (χ4n) is 9.67. The summed E-state index contributed by atoms with van der Waals surface area (Å²) in [6.45, 7) is 11.0. The molecule has 1 aromatic carbocycles. The molecule has 6 amide bonds. The lowest BCUT2D eigenvalue weighted by Crippen LogP contribution is -2.60. The smallest absolute Gasteiger partial charge is 0.409 e. The van der Waals surface area contributed by atoms with Gasteiger partial charge in [0.25, 0.3) is 0 Å².